The van der Waals surface area contributed by atoms with E-state index in [0.717, 1.165) is 28.4 Å². The Morgan fingerprint density at radius 3 is 2.37 bits per heavy atom. The van der Waals surface area contributed by atoms with E-state index in [0.29, 0.717) is 52.5 Å². The van der Waals surface area contributed by atoms with Gasteiger partial charge in [0.25, 0.3) is 0 Å². The molecule has 0 saturated carbocycles. The third-order valence-corrected chi connectivity index (χ3v) is 5.97. The number of para-hydroxylation sites is 1. The van der Waals surface area contributed by atoms with E-state index in [1.54, 1.807) is 0 Å². The first-order valence-electron chi connectivity index (χ1n) is 11.6. The average molecular weight is 483 g/mol. The zero-order valence-electron chi connectivity index (χ0n) is 19.7. The highest BCUT2D eigenvalue weighted by Gasteiger charge is 2.33. The Morgan fingerprint density at radius 1 is 1.00 bits per heavy atom. The SMILES string of the molecule is CN(OC(=O)N1CCOCC1)C(=O)N1CCN(Cc2ccc(Oc3ccccc3)cc2)CC1C=O. The largest absolute Gasteiger partial charge is 0.457 e. The van der Waals surface area contributed by atoms with Crippen molar-refractivity contribution < 1.29 is 28.7 Å². The third-order valence-electron chi connectivity index (χ3n) is 5.97. The van der Waals surface area contributed by atoms with E-state index in [9.17, 15) is 14.4 Å². The zero-order valence-corrected chi connectivity index (χ0v) is 19.7. The second-order valence-electron chi connectivity index (χ2n) is 8.43. The Morgan fingerprint density at radius 2 is 1.69 bits per heavy atom. The van der Waals surface area contributed by atoms with Crippen LogP contribution in [-0.4, -0.2) is 97.2 Å². The number of carbonyl (C=O) groups is 3. The van der Waals surface area contributed by atoms with Gasteiger partial charge < -0.3 is 28.9 Å². The molecule has 0 N–H and O–H groups in total. The van der Waals surface area contributed by atoms with Crippen molar-refractivity contribution in [2.45, 2.75) is 12.6 Å². The summed E-state index contributed by atoms with van der Waals surface area (Å²) in [6, 6.07) is 16.2. The smallest absolute Gasteiger partial charge is 0.434 e. The normalized spacial score (nSPS) is 18.6. The Balaban J connectivity index is 1.28. The number of nitrogens with zero attached hydrogens (tertiary/aromatic N) is 4. The number of morpholine rings is 1. The first kappa shape index (κ1) is 24.5. The van der Waals surface area contributed by atoms with Crippen LogP contribution in [-0.2, 0) is 20.9 Å². The molecule has 0 aliphatic carbocycles. The van der Waals surface area contributed by atoms with E-state index in [-0.39, 0.29) is 0 Å². The van der Waals surface area contributed by atoms with Crippen molar-refractivity contribution in [1.82, 2.24) is 19.8 Å². The van der Waals surface area contributed by atoms with E-state index in [4.69, 9.17) is 14.3 Å². The van der Waals surface area contributed by atoms with Crippen molar-refractivity contribution in [2.75, 3.05) is 53.0 Å². The highest BCUT2D eigenvalue weighted by atomic mass is 16.7. The van der Waals surface area contributed by atoms with Crippen LogP contribution in [0, 0.1) is 0 Å². The lowest BCUT2D eigenvalue weighted by Crippen LogP contribution is -2.58. The van der Waals surface area contributed by atoms with Crippen LogP contribution in [0.1, 0.15) is 5.56 Å². The molecule has 10 nitrogen and oxygen atoms in total. The molecule has 0 spiro atoms. The van der Waals surface area contributed by atoms with E-state index >= 15 is 0 Å². The summed E-state index contributed by atoms with van der Waals surface area (Å²) >= 11 is 0. The maximum atomic E-state index is 12.9. The lowest BCUT2D eigenvalue weighted by molar-refractivity contribution is -0.115. The van der Waals surface area contributed by atoms with Crippen LogP contribution >= 0.6 is 0 Å². The van der Waals surface area contributed by atoms with E-state index in [1.165, 1.54) is 16.8 Å². The molecule has 10 heteroatoms. The first-order valence-corrected chi connectivity index (χ1v) is 11.6. The van der Waals surface area contributed by atoms with Crippen LogP contribution in [0.15, 0.2) is 54.6 Å². The van der Waals surface area contributed by atoms with Crippen LogP contribution in [0.25, 0.3) is 0 Å². The van der Waals surface area contributed by atoms with Gasteiger partial charge in [0.1, 0.15) is 23.8 Å². The molecule has 2 aliphatic heterocycles. The number of rotatable bonds is 5. The quantitative estimate of drug-likeness (QED) is 0.478. The fraction of sp³-hybridized carbons (Fsp3) is 0.400. The van der Waals surface area contributed by atoms with Crippen LogP contribution in [0.4, 0.5) is 9.59 Å². The van der Waals surface area contributed by atoms with Gasteiger partial charge >= 0.3 is 12.1 Å². The van der Waals surface area contributed by atoms with Gasteiger partial charge in [0.15, 0.2) is 0 Å². The summed E-state index contributed by atoms with van der Waals surface area (Å²) in [6.07, 6.45) is 0.156. The molecular weight excluding hydrogens is 452 g/mol. The molecule has 2 saturated heterocycles. The monoisotopic (exact) mass is 482 g/mol. The summed E-state index contributed by atoms with van der Waals surface area (Å²) in [6.45, 7) is 3.66. The fourth-order valence-electron chi connectivity index (χ4n) is 4.05. The lowest BCUT2D eigenvalue weighted by atomic mass is 10.1. The fourth-order valence-corrected chi connectivity index (χ4v) is 4.05. The van der Waals surface area contributed by atoms with Gasteiger partial charge in [0, 0.05) is 39.3 Å². The second kappa shape index (κ2) is 11.7. The van der Waals surface area contributed by atoms with Gasteiger partial charge in [0.05, 0.1) is 20.3 Å². The van der Waals surface area contributed by atoms with E-state index < -0.39 is 18.2 Å². The number of aldehydes is 1. The average Bonchev–Trinajstić information content (AvgIpc) is 2.90. The van der Waals surface area contributed by atoms with Crippen LogP contribution in [0.3, 0.4) is 0 Å². The molecule has 2 fully saturated rings. The van der Waals surface area contributed by atoms with Gasteiger partial charge in [-0.25, -0.2) is 9.59 Å². The number of amides is 3. The first-order chi connectivity index (χ1) is 17.0. The lowest BCUT2D eigenvalue weighted by Gasteiger charge is -2.40. The Labute approximate surface area is 204 Å². The van der Waals surface area contributed by atoms with Gasteiger partial charge in [0.2, 0.25) is 0 Å². The van der Waals surface area contributed by atoms with Gasteiger partial charge in [-0.15, -0.1) is 0 Å². The maximum Gasteiger partial charge on any atom is 0.434 e. The third kappa shape index (κ3) is 6.49. The van der Waals surface area contributed by atoms with Crippen LogP contribution < -0.4 is 4.74 Å². The molecule has 0 bridgehead atoms. The summed E-state index contributed by atoms with van der Waals surface area (Å²) in [5, 5.41) is 0.898. The zero-order chi connectivity index (χ0) is 24.6. The van der Waals surface area contributed by atoms with Crippen molar-refractivity contribution >= 4 is 18.4 Å². The number of carbonyl (C=O) groups excluding carboxylic acids is 3. The van der Waals surface area contributed by atoms with E-state index in [1.807, 2.05) is 54.6 Å². The van der Waals surface area contributed by atoms with Crippen molar-refractivity contribution in [3.05, 3.63) is 60.2 Å². The summed E-state index contributed by atoms with van der Waals surface area (Å²) < 4.78 is 11.1. The summed E-state index contributed by atoms with van der Waals surface area (Å²) in [5.74, 6) is 1.52. The number of benzene rings is 2. The van der Waals surface area contributed by atoms with Crippen LogP contribution in [0.5, 0.6) is 11.5 Å². The Hall–Kier alpha value is -3.63. The molecule has 186 valence electrons. The molecular formula is C25H30N4O6. The van der Waals surface area contributed by atoms with E-state index in [2.05, 4.69) is 4.90 Å². The predicted molar refractivity (Wildman–Crippen MR) is 127 cm³/mol. The van der Waals surface area contributed by atoms with Crippen molar-refractivity contribution in [3.63, 3.8) is 0 Å². The number of urea groups is 1. The maximum absolute atomic E-state index is 12.9. The molecule has 1 unspecified atom stereocenters. The topological polar surface area (TPSA) is 91.9 Å². The number of hydroxylamine groups is 2. The molecule has 2 aliphatic rings. The number of piperazine rings is 1. The standard InChI is InChI=1S/C25H30N4O6/c1-26(35-25(32)28-13-15-33-16-14-28)24(31)29-12-11-27(18-21(29)19-30)17-20-7-9-23(10-8-20)34-22-5-3-2-4-6-22/h2-10,19,21H,11-18H2,1H3. The number of ether oxygens (including phenoxy) is 2. The number of hydrogen-bond donors (Lipinski definition) is 0. The highest BCUT2D eigenvalue weighted by molar-refractivity contribution is 5.79. The Bertz CT molecular complexity index is 997. The molecule has 35 heavy (non-hydrogen) atoms. The number of hydrogen-bond acceptors (Lipinski definition) is 7. The van der Waals surface area contributed by atoms with Gasteiger partial charge in [-0.3, -0.25) is 4.90 Å². The van der Waals surface area contributed by atoms with Crippen LogP contribution in [0.2, 0.25) is 0 Å². The van der Waals surface area contributed by atoms with Crippen molar-refractivity contribution in [2.24, 2.45) is 0 Å². The molecule has 2 aromatic carbocycles. The summed E-state index contributed by atoms with van der Waals surface area (Å²) in [7, 11) is 1.38. The predicted octanol–water partition coefficient (Wildman–Crippen LogP) is 2.60. The molecule has 4 rings (SSSR count). The molecule has 3 amide bonds. The molecule has 2 heterocycles. The molecule has 0 aromatic heterocycles. The summed E-state index contributed by atoms with van der Waals surface area (Å²) in [4.78, 5) is 47.2. The minimum absolute atomic E-state index is 0.344. The highest BCUT2D eigenvalue weighted by Crippen LogP contribution is 2.22. The molecule has 0 radical (unpaired) electrons. The summed E-state index contributed by atoms with van der Waals surface area (Å²) in [5.41, 5.74) is 1.08. The van der Waals surface area contributed by atoms with Gasteiger partial charge in [-0.2, -0.15) is 5.06 Å². The van der Waals surface area contributed by atoms with Crippen molar-refractivity contribution in [1.29, 1.82) is 0 Å². The minimum atomic E-state index is -0.638. The minimum Gasteiger partial charge on any atom is -0.457 e. The van der Waals surface area contributed by atoms with Gasteiger partial charge in [-0.05, 0) is 29.8 Å². The molecule has 2 aromatic rings. The van der Waals surface area contributed by atoms with Crippen molar-refractivity contribution in [3.8, 4) is 11.5 Å². The van der Waals surface area contributed by atoms with Gasteiger partial charge in [-0.1, -0.05) is 30.3 Å². The second-order valence-corrected chi connectivity index (χ2v) is 8.43. The molecule has 1 atom stereocenters. The Kier molecular flexibility index (Phi) is 8.17.